The Morgan fingerprint density at radius 3 is 2.29 bits per heavy atom. The Labute approximate surface area is 205 Å². The van der Waals surface area contributed by atoms with E-state index in [9.17, 15) is 9.59 Å². The first-order valence-electron chi connectivity index (χ1n) is 12.2. The van der Waals surface area contributed by atoms with E-state index in [-0.39, 0.29) is 18.1 Å². The zero-order valence-corrected chi connectivity index (χ0v) is 20.5. The van der Waals surface area contributed by atoms with Gasteiger partial charge in [0.05, 0.1) is 22.6 Å². The fourth-order valence-electron chi connectivity index (χ4n) is 4.36. The number of aromatic nitrogens is 2. The number of carbonyl (C=O) groups is 1. The lowest BCUT2D eigenvalue weighted by molar-refractivity contribution is -0.136. The van der Waals surface area contributed by atoms with Gasteiger partial charge in [-0.1, -0.05) is 56.3 Å². The zero-order chi connectivity index (χ0) is 24.8. The van der Waals surface area contributed by atoms with Crippen LogP contribution in [0.2, 0.25) is 0 Å². The van der Waals surface area contributed by atoms with Crippen LogP contribution < -0.4 is 10.3 Å². The minimum Gasteiger partial charge on any atom is -0.484 e. The maximum Gasteiger partial charge on any atom is 0.266 e. The van der Waals surface area contributed by atoms with Crippen LogP contribution in [-0.4, -0.2) is 33.5 Å². The third kappa shape index (κ3) is 5.11. The number of fused-ring (bicyclic) bond motifs is 1. The molecule has 35 heavy (non-hydrogen) atoms. The van der Waals surface area contributed by atoms with E-state index in [1.165, 1.54) is 5.56 Å². The highest BCUT2D eigenvalue weighted by Gasteiger charge is 2.28. The number of ether oxygens (including phenoxy) is 1. The summed E-state index contributed by atoms with van der Waals surface area (Å²) in [5, 5.41) is 0.549. The minimum absolute atomic E-state index is 0.0859. The van der Waals surface area contributed by atoms with Gasteiger partial charge in [-0.2, -0.15) is 0 Å². The summed E-state index contributed by atoms with van der Waals surface area (Å²) in [6.07, 6.45) is 1.51. The van der Waals surface area contributed by atoms with Gasteiger partial charge in [0.2, 0.25) is 0 Å². The Kier molecular flexibility index (Phi) is 7.60. The predicted octanol–water partition coefficient (Wildman–Crippen LogP) is 5.33. The fourth-order valence-corrected chi connectivity index (χ4v) is 4.36. The number of benzene rings is 3. The first-order valence-corrected chi connectivity index (χ1v) is 12.2. The van der Waals surface area contributed by atoms with Crippen LogP contribution in [0.1, 0.15) is 44.6 Å². The summed E-state index contributed by atoms with van der Waals surface area (Å²) in [5.74, 6) is 1.04. The summed E-state index contributed by atoms with van der Waals surface area (Å²) in [7, 11) is 0. The average molecular weight is 470 g/mol. The quantitative estimate of drug-likeness (QED) is 0.333. The number of amides is 1. The van der Waals surface area contributed by atoms with Crippen molar-refractivity contribution >= 4 is 16.8 Å². The molecule has 1 atom stereocenters. The molecule has 180 valence electrons. The molecule has 0 radical (unpaired) electrons. The predicted molar refractivity (Wildman–Crippen MR) is 139 cm³/mol. The normalized spacial score (nSPS) is 11.9. The zero-order valence-electron chi connectivity index (χ0n) is 20.5. The van der Waals surface area contributed by atoms with Crippen molar-refractivity contribution in [2.24, 2.45) is 0 Å². The first-order chi connectivity index (χ1) is 17.1. The monoisotopic (exact) mass is 469 g/mol. The minimum atomic E-state index is -0.393. The molecule has 0 bridgehead atoms. The highest BCUT2D eigenvalue weighted by Crippen LogP contribution is 2.26. The van der Waals surface area contributed by atoms with Crippen molar-refractivity contribution in [3.05, 3.63) is 101 Å². The van der Waals surface area contributed by atoms with Crippen LogP contribution in [0, 0.1) is 0 Å². The third-order valence-electron chi connectivity index (χ3n) is 6.23. The standard InChI is InChI=1S/C29H31N3O3/c1-4-21-16-18-22(19-17-21)32-28(30-25-15-11-10-14-24(25)29(32)34)26(5-2)31(6-3)27(33)20-35-23-12-8-7-9-13-23/h7-19,26H,4-6,20H2,1-3H3. The molecule has 0 saturated heterocycles. The number of carbonyl (C=O) groups excluding carboxylic acids is 1. The summed E-state index contributed by atoms with van der Waals surface area (Å²) in [4.78, 5) is 33.7. The summed E-state index contributed by atoms with van der Waals surface area (Å²) in [6, 6.07) is 24.2. The van der Waals surface area contributed by atoms with E-state index in [4.69, 9.17) is 9.72 Å². The Bertz CT molecular complexity index is 1350. The van der Waals surface area contributed by atoms with Crippen LogP contribution >= 0.6 is 0 Å². The van der Waals surface area contributed by atoms with Gasteiger partial charge in [0.1, 0.15) is 11.6 Å². The first kappa shape index (κ1) is 24.2. The highest BCUT2D eigenvalue weighted by molar-refractivity contribution is 5.79. The molecule has 0 saturated carbocycles. The van der Waals surface area contributed by atoms with E-state index in [0.717, 1.165) is 12.1 Å². The van der Waals surface area contributed by atoms with E-state index in [0.29, 0.717) is 35.4 Å². The molecule has 1 aromatic heterocycles. The second-order valence-electron chi connectivity index (χ2n) is 8.35. The van der Waals surface area contributed by atoms with Gasteiger partial charge in [0.15, 0.2) is 6.61 Å². The summed E-state index contributed by atoms with van der Waals surface area (Å²) in [5.41, 5.74) is 2.41. The van der Waals surface area contributed by atoms with Crippen molar-refractivity contribution in [2.45, 2.75) is 39.7 Å². The molecule has 1 amide bonds. The molecule has 1 unspecified atom stereocenters. The average Bonchev–Trinajstić information content (AvgIpc) is 2.91. The number of rotatable bonds is 9. The van der Waals surface area contributed by atoms with Gasteiger partial charge >= 0.3 is 0 Å². The Morgan fingerprint density at radius 1 is 0.943 bits per heavy atom. The lowest BCUT2D eigenvalue weighted by Crippen LogP contribution is -2.40. The van der Waals surface area contributed by atoms with Crippen molar-refractivity contribution in [3.63, 3.8) is 0 Å². The lowest BCUT2D eigenvalue weighted by atomic mass is 10.1. The second kappa shape index (κ2) is 11.0. The molecule has 0 aliphatic rings. The topological polar surface area (TPSA) is 64.4 Å². The summed E-state index contributed by atoms with van der Waals surface area (Å²) < 4.78 is 7.39. The van der Waals surface area contributed by atoms with Crippen LogP contribution in [0.4, 0.5) is 0 Å². The van der Waals surface area contributed by atoms with E-state index < -0.39 is 6.04 Å². The number of nitrogens with zero attached hydrogens (tertiary/aromatic N) is 3. The summed E-state index contributed by atoms with van der Waals surface area (Å²) in [6.45, 7) is 6.41. The lowest BCUT2D eigenvalue weighted by Gasteiger charge is -2.31. The molecular formula is C29H31N3O3. The molecule has 4 rings (SSSR count). The SMILES string of the molecule is CCc1ccc(-n2c(C(CC)N(CC)C(=O)COc3ccccc3)nc3ccccc3c2=O)cc1. The van der Waals surface area contributed by atoms with E-state index in [1.807, 2.05) is 86.6 Å². The van der Waals surface area contributed by atoms with E-state index >= 15 is 0 Å². The Balaban J connectivity index is 1.78. The molecule has 6 nitrogen and oxygen atoms in total. The fraction of sp³-hybridized carbons (Fsp3) is 0.276. The maximum absolute atomic E-state index is 13.7. The molecule has 0 fully saturated rings. The third-order valence-corrected chi connectivity index (χ3v) is 6.23. The molecular weight excluding hydrogens is 438 g/mol. The van der Waals surface area contributed by atoms with Crippen molar-refractivity contribution in [2.75, 3.05) is 13.2 Å². The van der Waals surface area contributed by atoms with Gasteiger partial charge in [-0.3, -0.25) is 14.2 Å². The molecule has 4 aromatic rings. The van der Waals surface area contributed by atoms with Crippen LogP contribution in [-0.2, 0) is 11.2 Å². The molecule has 0 N–H and O–H groups in total. The molecule has 0 aliphatic heterocycles. The Morgan fingerprint density at radius 2 is 1.63 bits per heavy atom. The van der Waals surface area contributed by atoms with Crippen LogP contribution in [0.3, 0.4) is 0 Å². The van der Waals surface area contributed by atoms with Gasteiger partial charge in [0.25, 0.3) is 11.5 Å². The van der Waals surface area contributed by atoms with Gasteiger partial charge in [-0.25, -0.2) is 4.98 Å². The number of hydrogen-bond acceptors (Lipinski definition) is 4. The van der Waals surface area contributed by atoms with Gasteiger partial charge in [-0.05, 0) is 61.7 Å². The number of likely N-dealkylation sites (N-methyl/N-ethyl adjacent to an activating group) is 1. The van der Waals surface area contributed by atoms with Crippen molar-refractivity contribution in [1.29, 1.82) is 0 Å². The number of hydrogen-bond donors (Lipinski definition) is 0. The van der Waals surface area contributed by atoms with Crippen LogP contribution in [0.25, 0.3) is 16.6 Å². The van der Waals surface area contributed by atoms with Gasteiger partial charge < -0.3 is 9.64 Å². The smallest absolute Gasteiger partial charge is 0.266 e. The molecule has 0 spiro atoms. The van der Waals surface area contributed by atoms with Gasteiger partial charge in [0, 0.05) is 6.54 Å². The van der Waals surface area contributed by atoms with E-state index in [2.05, 4.69) is 6.92 Å². The number of aryl methyl sites for hydroxylation is 1. The molecule has 6 heteroatoms. The van der Waals surface area contributed by atoms with E-state index in [1.54, 1.807) is 15.5 Å². The molecule has 0 aliphatic carbocycles. The second-order valence-corrected chi connectivity index (χ2v) is 8.35. The largest absolute Gasteiger partial charge is 0.484 e. The van der Waals surface area contributed by atoms with Crippen LogP contribution in [0.5, 0.6) is 5.75 Å². The molecule has 1 heterocycles. The van der Waals surface area contributed by atoms with Gasteiger partial charge in [-0.15, -0.1) is 0 Å². The summed E-state index contributed by atoms with van der Waals surface area (Å²) >= 11 is 0. The maximum atomic E-state index is 13.7. The highest BCUT2D eigenvalue weighted by atomic mass is 16.5. The van der Waals surface area contributed by atoms with Crippen molar-refractivity contribution < 1.29 is 9.53 Å². The number of para-hydroxylation sites is 2. The van der Waals surface area contributed by atoms with Crippen molar-refractivity contribution in [1.82, 2.24) is 14.5 Å². The molecule has 3 aromatic carbocycles. The van der Waals surface area contributed by atoms with Crippen LogP contribution in [0.15, 0.2) is 83.7 Å². The van der Waals surface area contributed by atoms with Crippen molar-refractivity contribution in [3.8, 4) is 11.4 Å². The Hall–Kier alpha value is -3.93.